The molecule has 1 atom stereocenters. The van der Waals surface area contributed by atoms with E-state index in [-0.39, 0.29) is 31.1 Å². The molecule has 0 bridgehead atoms. The quantitative estimate of drug-likeness (QED) is 0.0261. The molecule has 0 aliphatic heterocycles. The summed E-state index contributed by atoms with van der Waals surface area (Å²) < 4.78 is 16.8. The van der Waals surface area contributed by atoms with Crippen molar-refractivity contribution in [2.75, 3.05) is 13.2 Å². The van der Waals surface area contributed by atoms with Gasteiger partial charge < -0.3 is 14.2 Å². The third-order valence-corrected chi connectivity index (χ3v) is 14.6. The van der Waals surface area contributed by atoms with E-state index in [2.05, 4.69) is 57.2 Å². The Bertz CT molecular complexity index is 1220. The molecule has 0 aromatic rings. The van der Waals surface area contributed by atoms with E-state index in [9.17, 15) is 14.4 Å². The van der Waals surface area contributed by atoms with Gasteiger partial charge in [0.1, 0.15) is 13.2 Å². The first kappa shape index (κ1) is 70.6. The zero-order chi connectivity index (χ0) is 52.9. The number of allylic oxidation sites excluding steroid dienone is 6. The number of rotatable bonds is 60. The molecule has 73 heavy (non-hydrogen) atoms. The molecule has 428 valence electrons. The molecule has 0 fully saturated rings. The van der Waals surface area contributed by atoms with E-state index in [0.717, 1.165) is 70.6 Å². The van der Waals surface area contributed by atoms with E-state index in [1.54, 1.807) is 0 Å². The molecular formula is C67H124O6. The molecule has 0 aromatic carbocycles. The van der Waals surface area contributed by atoms with Crippen LogP contribution in [0.25, 0.3) is 0 Å². The van der Waals surface area contributed by atoms with Crippen molar-refractivity contribution in [1.82, 2.24) is 0 Å². The fraction of sp³-hybridized carbons (Fsp3) is 0.866. The van der Waals surface area contributed by atoms with Gasteiger partial charge in [0, 0.05) is 19.3 Å². The molecule has 0 heterocycles. The van der Waals surface area contributed by atoms with Crippen LogP contribution in [0.3, 0.4) is 0 Å². The topological polar surface area (TPSA) is 78.9 Å². The predicted octanol–water partition coefficient (Wildman–Crippen LogP) is 22.0. The lowest BCUT2D eigenvalue weighted by Crippen LogP contribution is -2.30. The van der Waals surface area contributed by atoms with Gasteiger partial charge in [0.15, 0.2) is 6.10 Å². The lowest BCUT2D eigenvalue weighted by atomic mass is 10.0. The molecule has 0 rings (SSSR count). The zero-order valence-electron chi connectivity index (χ0n) is 49.2. The predicted molar refractivity (Wildman–Crippen MR) is 316 cm³/mol. The largest absolute Gasteiger partial charge is 0.462 e. The van der Waals surface area contributed by atoms with Crippen LogP contribution in [0.15, 0.2) is 36.5 Å². The third-order valence-electron chi connectivity index (χ3n) is 14.6. The summed E-state index contributed by atoms with van der Waals surface area (Å²) >= 11 is 0. The SMILES string of the molecule is CCCCC/C=C\C/C=C\CCCCCCCCCCCC(=O)OC(COC(=O)CCCCCCC)COC(=O)CCCCCCCCCCCCCCCCCCCCC/C=C\CCCCCCCCCC. The summed E-state index contributed by atoms with van der Waals surface area (Å²) in [6.45, 7) is 6.58. The van der Waals surface area contributed by atoms with Gasteiger partial charge in [0.2, 0.25) is 0 Å². The van der Waals surface area contributed by atoms with Crippen LogP contribution in [0.1, 0.15) is 355 Å². The highest BCUT2D eigenvalue weighted by Gasteiger charge is 2.19. The van der Waals surface area contributed by atoms with Crippen molar-refractivity contribution >= 4 is 17.9 Å². The minimum atomic E-state index is -0.769. The first-order valence-electron chi connectivity index (χ1n) is 32.5. The average molecular weight is 1030 g/mol. The van der Waals surface area contributed by atoms with Crippen molar-refractivity contribution in [3.05, 3.63) is 36.5 Å². The minimum absolute atomic E-state index is 0.0702. The monoisotopic (exact) mass is 1020 g/mol. The smallest absolute Gasteiger partial charge is 0.306 e. The van der Waals surface area contributed by atoms with Crippen LogP contribution in [0, 0.1) is 0 Å². The van der Waals surface area contributed by atoms with Gasteiger partial charge in [-0.15, -0.1) is 0 Å². The van der Waals surface area contributed by atoms with Gasteiger partial charge in [0.05, 0.1) is 0 Å². The van der Waals surface area contributed by atoms with Gasteiger partial charge in [-0.05, 0) is 77.0 Å². The van der Waals surface area contributed by atoms with Gasteiger partial charge in [-0.1, -0.05) is 295 Å². The zero-order valence-corrected chi connectivity index (χ0v) is 49.2. The highest BCUT2D eigenvalue weighted by molar-refractivity contribution is 5.71. The van der Waals surface area contributed by atoms with Gasteiger partial charge >= 0.3 is 17.9 Å². The lowest BCUT2D eigenvalue weighted by Gasteiger charge is -2.18. The fourth-order valence-electron chi connectivity index (χ4n) is 9.71. The summed E-state index contributed by atoms with van der Waals surface area (Å²) in [7, 11) is 0. The molecule has 0 spiro atoms. The summed E-state index contributed by atoms with van der Waals surface area (Å²) in [5.74, 6) is -0.870. The van der Waals surface area contributed by atoms with Crippen LogP contribution in [0.5, 0.6) is 0 Å². The normalized spacial score (nSPS) is 12.2. The molecule has 0 aliphatic rings. The molecule has 0 aromatic heterocycles. The average Bonchev–Trinajstić information content (AvgIpc) is 3.39. The molecule has 6 heteroatoms. The number of hydrogen-bond acceptors (Lipinski definition) is 6. The van der Waals surface area contributed by atoms with Crippen LogP contribution in [0.2, 0.25) is 0 Å². The Morgan fingerprint density at radius 1 is 0.274 bits per heavy atom. The van der Waals surface area contributed by atoms with Crippen LogP contribution >= 0.6 is 0 Å². The van der Waals surface area contributed by atoms with E-state index in [4.69, 9.17) is 14.2 Å². The second-order valence-electron chi connectivity index (χ2n) is 22.0. The van der Waals surface area contributed by atoms with Crippen molar-refractivity contribution in [2.24, 2.45) is 0 Å². The number of carbonyl (C=O) groups excluding carboxylic acids is 3. The highest BCUT2D eigenvalue weighted by Crippen LogP contribution is 2.18. The van der Waals surface area contributed by atoms with Crippen molar-refractivity contribution in [3.63, 3.8) is 0 Å². The number of ether oxygens (including phenoxy) is 3. The third kappa shape index (κ3) is 60.4. The van der Waals surface area contributed by atoms with Gasteiger partial charge in [0.25, 0.3) is 0 Å². The summed E-state index contributed by atoms with van der Waals surface area (Å²) in [4.78, 5) is 37.9. The summed E-state index contributed by atoms with van der Waals surface area (Å²) in [6, 6.07) is 0. The molecular weight excluding hydrogens is 901 g/mol. The molecule has 0 saturated heterocycles. The van der Waals surface area contributed by atoms with Crippen molar-refractivity contribution in [2.45, 2.75) is 361 Å². The molecule has 1 unspecified atom stereocenters. The molecule has 0 radical (unpaired) electrons. The standard InChI is InChI=1S/C67H124O6/c1-4-7-10-13-15-17-19-21-23-25-27-28-29-30-31-32-33-34-35-36-37-38-40-41-43-45-47-49-51-54-57-60-66(69)72-63-64(62-71-65(68)59-56-53-12-9-6-3)73-67(70)61-58-55-52-50-48-46-44-42-39-26-24-22-20-18-16-14-11-8-5-2/h16,18,22,24-25,27,64H,4-15,17,19-21,23,26,28-63H2,1-3H3/b18-16-,24-22-,27-25-. The maximum Gasteiger partial charge on any atom is 0.306 e. The maximum atomic E-state index is 12.8. The van der Waals surface area contributed by atoms with Crippen LogP contribution in [-0.4, -0.2) is 37.2 Å². The number of carbonyl (C=O) groups is 3. The van der Waals surface area contributed by atoms with Gasteiger partial charge in [-0.25, -0.2) is 0 Å². The fourth-order valence-corrected chi connectivity index (χ4v) is 9.71. The first-order valence-corrected chi connectivity index (χ1v) is 32.5. The van der Waals surface area contributed by atoms with E-state index < -0.39 is 6.10 Å². The number of hydrogen-bond donors (Lipinski definition) is 0. The lowest BCUT2D eigenvalue weighted by molar-refractivity contribution is -0.167. The Morgan fingerprint density at radius 3 is 0.795 bits per heavy atom. The van der Waals surface area contributed by atoms with Gasteiger partial charge in [-0.3, -0.25) is 14.4 Å². The minimum Gasteiger partial charge on any atom is -0.462 e. The Hall–Kier alpha value is -2.37. The van der Waals surface area contributed by atoms with Gasteiger partial charge in [-0.2, -0.15) is 0 Å². The van der Waals surface area contributed by atoms with Crippen LogP contribution < -0.4 is 0 Å². The van der Waals surface area contributed by atoms with Crippen molar-refractivity contribution in [3.8, 4) is 0 Å². The Labute approximate surface area is 455 Å². The second kappa shape index (κ2) is 62.2. The summed E-state index contributed by atoms with van der Waals surface area (Å²) in [5.41, 5.74) is 0. The Kier molecular flexibility index (Phi) is 60.2. The van der Waals surface area contributed by atoms with E-state index in [1.807, 2.05) is 0 Å². The van der Waals surface area contributed by atoms with Crippen LogP contribution in [-0.2, 0) is 28.6 Å². The van der Waals surface area contributed by atoms with E-state index in [0.29, 0.717) is 19.3 Å². The molecule has 0 amide bonds. The Balaban J connectivity index is 3.93. The van der Waals surface area contributed by atoms with E-state index >= 15 is 0 Å². The highest BCUT2D eigenvalue weighted by atomic mass is 16.6. The molecule has 0 saturated carbocycles. The summed E-state index contributed by atoms with van der Waals surface area (Å²) in [6.07, 6.45) is 76.5. The van der Waals surface area contributed by atoms with Crippen molar-refractivity contribution in [1.29, 1.82) is 0 Å². The molecule has 6 nitrogen and oxygen atoms in total. The summed E-state index contributed by atoms with van der Waals surface area (Å²) in [5, 5.41) is 0. The van der Waals surface area contributed by atoms with E-state index in [1.165, 1.54) is 244 Å². The molecule has 0 N–H and O–H groups in total. The molecule has 0 aliphatic carbocycles. The first-order chi connectivity index (χ1) is 36.0. The Morgan fingerprint density at radius 2 is 0.493 bits per heavy atom. The number of esters is 3. The maximum absolute atomic E-state index is 12.8. The van der Waals surface area contributed by atoms with Crippen molar-refractivity contribution < 1.29 is 28.6 Å². The second-order valence-corrected chi connectivity index (χ2v) is 22.0. The van der Waals surface area contributed by atoms with Crippen LogP contribution in [0.4, 0.5) is 0 Å². The number of unbranched alkanes of at least 4 members (excludes halogenated alkanes) is 43.